The highest BCUT2D eigenvalue weighted by Crippen LogP contribution is 2.43. The lowest BCUT2D eigenvalue weighted by Crippen LogP contribution is -2.45. The van der Waals surface area contributed by atoms with Crippen molar-refractivity contribution in [1.29, 1.82) is 0 Å². The lowest BCUT2D eigenvalue weighted by Gasteiger charge is -2.26. The number of para-hydroxylation sites is 1. The molecule has 0 fully saturated rings. The van der Waals surface area contributed by atoms with Crippen LogP contribution in [0.5, 0.6) is 0 Å². The van der Waals surface area contributed by atoms with Crippen LogP contribution in [0.1, 0.15) is 18.1 Å². The van der Waals surface area contributed by atoms with E-state index in [2.05, 4.69) is 0 Å². The Morgan fingerprint density at radius 3 is 2.24 bits per heavy atom. The van der Waals surface area contributed by atoms with E-state index < -0.39 is 15.4 Å². The molecule has 6 heteroatoms. The van der Waals surface area contributed by atoms with Gasteiger partial charge >= 0.3 is 0 Å². The summed E-state index contributed by atoms with van der Waals surface area (Å²) in [7, 11) is -0.542. The van der Waals surface area contributed by atoms with Crippen molar-refractivity contribution >= 4 is 21.6 Å². The predicted molar refractivity (Wildman–Crippen MR) is 98.9 cm³/mol. The highest BCUT2D eigenvalue weighted by molar-refractivity contribution is 7.89. The summed E-state index contributed by atoms with van der Waals surface area (Å²) in [5, 5.41) is 0. The van der Waals surface area contributed by atoms with Gasteiger partial charge < -0.3 is 4.90 Å². The van der Waals surface area contributed by atoms with Crippen molar-refractivity contribution in [3.05, 3.63) is 65.7 Å². The van der Waals surface area contributed by atoms with Crippen LogP contribution in [0.15, 0.2) is 54.6 Å². The Balaban J connectivity index is 2.03. The maximum atomic E-state index is 13.2. The first-order valence-corrected chi connectivity index (χ1v) is 9.72. The summed E-state index contributed by atoms with van der Waals surface area (Å²) in [6.07, 6.45) is 0. The topological polar surface area (TPSA) is 57.7 Å². The van der Waals surface area contributed by atoms with Crippen LogP contribution in [0.3, 0.4) is 0 Å². The van der Waals surface area contributed by atoms with Crippen molar-refractivity contribution in [3.63, 3.8) is 0 Å². The SMILES string of the molecule is CN(C)S(=O)(=O)CC1(C)C(=O)N(Cc2ccccc2)c2ccccc21. The monoisotopic (exact) mass is 358 g/mol. The molecule has 2 aromatic carbocycles. The Bertz CT molecular complexity index is 894. The van der Waals surface area contributed by atoms with Gasteiger partial charge in [0, 0.05) is 19.8 Å². The summed E-state index contributed by atoms with van der Waals surface area (Å²) in [6.45, 7) is 2.15. The van der Waals surface area contributed by atoms with Crippen LogP contribution in [0.25, 0.3) is 0 Å². The number of hydrogen-bond donors (Lipinski definition) is 0. The van der Waals surface area contributed by atoms with Gasteiger partial charge in [-0.3, -0.25) is 4.79 Å². The van der Waals surface area contributed by atoms with E-state index in [0.717, 1.165) is 16.8 Å². The molecule has 25 heavy (non-hydrogen) atoms. The number of anilines is 1. The molecule has 0 saturated heterocycles. The maximum Gasteiger partial charge on any atom is 0.238 e. The van der Waals surface area contributed by atoms with Gasteiger partial charge in [-0.05, 0) is 24.1 Å². The Labute approximate surface area is 148 Å². The average Bonchev–Trinajstić information content (AvgIpc) is 2.78. The third-order valence-corrected chi connectivity index (χ3v) is 6.77. The second-order valence-electron chi connectivity index (χ2n) is 6.76. The van der Waals surface area contributed by atoms with Gasteiger partial charge in [-0.25, -0.2) is 12.7 Å². The van der Waals surface area contributed by atoms with Crippen LogP contribution in [0, 0.1) is 0 Å². The summed E-state index contributed by atoms with van der Waals surface area (Å²) in [4.78, 5) is 14.9. The zero-order valence-electron chi connectivity index (χ0n) is 14.6. The largest absolute Gasteiger partial charge is 0.307 e. The number of benzene rings is 2. The van der Waals surface area contributed by atoms with E-state index in [-0.39, 0.29) is 11.7 Å². The number of nitrogens with zero attached hydrogens (tertiary/aromatic N) is 2. The third-order valence-electron chi connectivity index (χ3n) is 4.72. The number of carbonyl (C=O) groups is 1. The zero-order valence-corrected chi connectivity index (χ0v) is 15.5. The van der Waals surface area contributed by atoms with Gasteiger partial charge in [0.15, 0.2) is 0 Å². The number of sulfonamides is 1. The lowest BCUT2D eigenvalue weighted by molar-refractivity contribution is -0.122. The van der Waals surface area contributed by atoms with Crippen molar-refractivity contribution in [2.75, 3.05) is 24.7 Å². The first-order valence-electron chi connectivity index (χ1n) is 8.11. The van der Waals surface area contributed by atoms with Crippen molar-refractivity contribution in [3.8, 4) is 0 Å². The van der Waals surface area contributed by atoms with Crippen LogP contribution in [0.4, 0.5) is 5.69 Å². The molecule has 0 saturated carbocycles. The second-order valence-corrected chi connectivity index (χ2v) is 8.95. The summed E-state index contributed by atoms with van der Waals surface area (Å²) in [5.74, 6) is -0.420. The number of amides is 1. The second kappa shape index (κ2) is 6.28. The number of hydrogen-bond acceptors (Lipinski definition) is 3. The molecule has 5 nitrogen and oxygen atoms in total. The molecule has 132 valence electrons. The van der Waals surface area contributed by atoms with Gasteiger partial charge in [0.05, 0.1) is 17.7 Å². The summed E-state index contributed by atoms with van der Waals surface area (Å²) < 4.78 is 26.1. The minimum absolute atomic E-state index is 0.178. The van der Waals surface area contributed by atoms with E-state index in [9.17, 15) is 13.2 Å². The highest BCUT2D eigenvalue weighted by atomic mass is 32.2. The Kier molecular flexibility index (Phi) is 4.43. The zero-order chi connectivity index (χ0) is 18.2. The molecular formula is C19H22N2O3S. The van der Waals surface area contributed by atoms with Gasteiger partial charge in [-0.15, -0.1) is 0 Å². The van der Waals surface area contributed by atoms with Gasteiger partial charge in [0.1, 0.15) is 0 Å². The molecule has 0 N–H and O–H groups in total. The fourth-order valence-corrected chi connectivity index (χ4v) is 4.52. The first kappa shape index (κ1) is 17.6. The smallest absolute Gasteiger partial charge is 0.238 e. The quantitative estimate of drug-likeness (QED) is 0.825. The van der Waals surface area contributed by atoms with E-state index in [4.69, 9.17) is 0 Å². The number of carbonyl (C=O) groups excluding carboxylic acids is 1. The number of fused-ring (bicyclic) bond motifs is 1. The summed E-state index contributed by atoms with van der Waals surface area (Å²) >= 11 is 0. The van der Waals surface area contributed by atoms with Crippen LogP contribution in [-0.4, -0.2) is 38.5 Å². The predicted octanol–water partition coefficient (Wildman–Crippen LogP) is 2.38. The van der Waals surface area contributed by atoms with Crippen molar-refractivity contribution in [2.24, 2.45) is 0 Å². The van der Waals surface area contributed by atoms with Gasteiger partial charge in [-0.1, -0.05) is 48.5 Å². The molecule has 0 bridgehead atoms. The fourth-order valence-electron chi connectivity index (χ4n) is 3.25. The molecule has 1 aliphatic rings. The van der Waals surface area contributed by atoms with Crippen LogP contribution in [0.2, 0.25) is 0 Å². The highest BCUT2D eigenvalue weighted by Gasteiger charge is 2.50. The van der Waals surface area contributed by atoms with Gasteiger partial charge in [0.2, 0.25) is 15.9 Å². The minimum atomic E-state index is -3.53. The molecule has 1 atom stereocenters. The molecular weight excluding hydrogens is 336 g/mol. The summed E-state index contributed by atoms with van der Waals surface area (Å²) in [5.41, 5.74) is 1.47. The van der Waals surface area contributed by atoms with E-state index in [1.165, 1.54) is 18.4 Å². The molecule has 1 heterocycles. The maximum absolute atomic E-state index is 13.2. The van der Waals surface area contributed by atoms with E-state index in [0.29, 0.717) is 6.54 Å². The third kappa shape index (κ3) is 3.07. The van der Waals surface area contributed by atoms with Gasteiger partial charge in [-0.2, -0.15) is 0 Å². The van der Waals surface area contributed by atoms with Crippen LogP contribution in [-0.2, 0) is 26.8 Å². The molecule has 3 rings (SSSR count). The molecule has 2 aromatic rings. The Morgan fingerprint density at radius 2 is 1.60 bits per heavy atom. The van der Waals surface area contributed by atoms with E-state index in [1.54, 1.807) is 11.8 Å². The molecule has 0 radical (unpaired) electrons. The van der Waals surface area contributed by atoms with E-state index >= 15 is 0 Å². The van der Waals surface area contributed by atoms with Crippen molar-refractivity contribution in [1.82, 2.24) is 4.31 Å². The van der Waals surface area contributed by atoms with Crippen molar-refractivity contribution in [2.45, 2.75) is 18.9 Å². The number of rotatable bonds is 5. The molecule has 1 unspecified atom stereocenters. The van der Waals surface area contributed by atoms with Gasteiger partial charge in [0.25, 0.3) is 0 Å². The van der Waals surface area contributed by atoms with Crippen LogP contribution >= 0.6 is 0 Å². The van der Waals surface area contributed by atoms with E-state index in [1.807, 2.05) is 54.6 Å². The Morgan fingerprint density at radius 1 is 1.00 bits per heavy atom. The molecule has 0 aliphatic carbocycles. The lowest BCUT2D eigenvalue weighted by atomic mass is 9.86. The first-order chi connectivity index (χ1) is 11.8. The molecule has 0 aromatic heterocycles. The van der Waals surface area contributed by atoms with Crippen LogP contribution < -0.4 is 4.90 Å². The fraction of sp³-hybridized carbons (Fsp3) is 0.316. The summed E-state index contributed by atoms with van der Waals surface area (Å²) in [6, 6.07) is 17.2. The minimum Gasteiger partial charge on any atom is -0.307 e. The normalized spacial score (nSPS) is 20.2. The van der Waals surface area contributed by atoms with Crippen molar-refractivity contribution < 1.29 is 13.2 Å². The Hall–Kier alpha value is -2.18. The molecule has 0 spiro atoms. The molecule has 1 aliphatic heterocycles. The molecule has 1 amide bonds. The average molecular weight is 358 g/mol. The standard InChI is InChI=1S/C19H22N2O3S/c1-19(14-25(23,24)20(2)3)16-11-7-8-12-17(16)21(18(19)22)13-15-9-5-4-6-10-15/h4-12H,13-14H2,1-3H3.